The molecule has 0 bridgehead atoms. The Hall–Kier alpha value is -1.84. The van der Waals surface area contributed by atoms with Gasteiger partial charge in [-0.1, -0.05) is 18.6 Å². The van der Waals surface area contributed by atoms with Gasteiger partial charge in [-0.2, -0.15) is 0 Å². The molecular formula is C22H30N2O2. The molecule has 4 nitrogen and oxygen atoms in total. The van der Waals surface area contributed by atoms with Crippen molar-refractivity contribution >= 4 is 11.8 Å². The Labute approximate surface area is 156 Å². The topological polar surface area (TPSA) is 40.6 Å². The van der Waals surface area contributed by atoms with E-state index in [1.165, 1.54) is 12.0 Å². The average Bonchev–Trinajstić information content (AvgIpc) is 3.15. The fourth-order valence-electron chi connectivity index (χ4n) is 4.49. The number of carbonyl (C=O) groups is 2. The summed E-state index contributed by atoms with van der Waals surface area (Å²) in [6, 6.07) is 8.22. The fourth-order valence-corrected chi connectivity index (χ4v) is 4.49. The molecule has 0 N–H and O–H groups in total. The summed E-state index contributed by atoms with van der Waals surface area (Å²) in [6.45, 7) is 3.65. The smallest absolute Gasteiger partial charge is 0.253 e. The second-order valence-electron chi connectivity index (χ2n) is 8.30. The zero-order valence-corrected chi connectivity index (χ0v) is 15.7. The van der Waals surface area contributed by atoms with E-state index < -0.39 is 0 Å². The molecule has 1 aromatic carbocycles. The van der Waals surface area contributed by atoms with Gasteiger partial charge in [-0.05, 0) is 68.6 Å². The standard InChI is InChI=1S/C22H30N2O2/c25-21(19-4-3-5-19)24-14-10-18(11-15-24)16-17-6-8-20(9-7-17)22(26)23-12-1-2-13-23/h6-9,18-19H,1-5,10-16H2. The molecular weight excluding hydrogens is 324 g/mol. The number of amides is 2. The van der Waals surface area contributed by atoms with Gasteiger partial charge < -0.3 is 9.80 Å². The second-order valence-corrected chi connectivity index (χ2v) is 8.30. The number of hydrogen-bond acceptors (Lipinski definition) is 2. The molecule has 1 aromatic rings. The summed E-state index contributed by atoms with van der Waals surface area (Å²) in [7, 11) is 0. The summed E-state index contributed by atoms with van der Waals surface area (Å²) in [6.07, 6.45) is 8.95. The van der Waals surface area contributed by atoms with Gasteiger partial charge in [0.2, 0.25) is 5.91 Å². The lowest BCUT2D eigenvalue weighted by atomic mass is 9.83. The molecule has 2 heterocycles. The largest absolute Gasteiger partial charge is 0.342 e. The minimum absolute atomic E-state index is 0.178. The molecule has 0 aromatic heterocycles. The zero-order valence-electron chi connectivity index (χ0n) is 15.7. The number of nitrogens with zero attached hydrogens (tertiary/aromatic N) is 2. The van der Waals surface area contributed by atoms with Gasteiger partial charge in [0, 0.05) is 37.7 Å². The molecule has 0 radical (unpaired) electrons. The first-order valence-electron chi connectivity index (χ1n) is 10.4. The van der Waals surface area contributed by atoms with Gasteiger partial charge in [-0.25, -0.2) is 0 Å². The molecule has 2 aliphatic heterocycles. The second kappa shape index (κ2) is 7.81. The summed E-state index contributed by atoms with van der Waals surface area (Å²) in [5, 5.41) is 0. The van der Waals surface area contributed by atoms with E-state index in [1.54, 1.807) is 0 Å². The van der Waals surface area contributed by atoms with Crippen molar-refractivity contribution in [3.05, 3.63) is 35.4 Å². The normalized spacial score (nSPS) is 21.7. The van der Waals surface area contributed by atoms with E-state index in [0.29, 0.717) is 17.7 Å². The Morgan fingerprint density at radius 2 is 1.46 bits per heavy atom. The van der Waals surface area contributed by atoms with Crippen molar-refractivity contribution < 1.29 is 9.59 Å². The predicted molar refractivity (Wildman–Crippen MR) is 102 cm³/mol. The third-order valence-electron chi connectivity index (χ3n) is 6.50. The summed E-state index contributed by atoms with van der Waals surface area (Å²) in [4.78, 5) is 28.8. The van der Waals surface area contributed by atoms with Gasteiger partial charge >= 0.3 is 0 Å². The van der Waals surface area contributed by atoms with Crippen LogP contribution in [0.4, 0.5) is 0 Å². The monoisotopic (exact) mass is 354 g/mol. The Morgan fingerprint density at radius 3 is 2.04 bits per heavy atom. The van der Waals surface area contributed by atoms with Gasteiger partial charge in [0.25, 0.3) is 5.91 Å². The van der Waals surface area contributed by atoms with Crippen molar-refractivity contribution in [3.8, 4) is 0 Å². The van der Waals surface area contributed by atoms with Crippen LogP contribution in [0, 0.1) is 11.8 Å². The molecule has 3 aliphatic rings. The highest BCUT2D eigenvalue weighted by atomic mass is 16.2. The van der Waals surface area contributed by atoms with Crippen LogP contribution in [-0.4, -0.2) is 47.8 Å². The molecule has 140 valence electrons. The van der Waals surface area contributed by atoms with Crippen LogP contribution >= 0.6 is 0 Å². The lowest BCUT2D eigenvalue weighted by Gasteiger charge is -2.36. The van der Waals surface area contributed by atoms with E-state index in [1.807, 2.05) is 17.0 Å². The first kappa shape index (κ1) is 17.6. The molecule has 3 fully saturated rings. The fraction of sp³-hybridized carbons (Fsp3) is 0.636. The Morgan fingerprint density at radius 1 is 0.808 bits per heavy atom. The summed E-state index contributed by atoms with van der Waals surface area (Å²) >= 11 is 0. The quantitative estimate of drug-likeness (QED) is 0.830. The average molecular weight is 354 g/mol. The molecule has 1 saturated carbocycles. The van der Waals surface area contributed by atoms with Crippen LogP contribution in [-0.2, 0) is 11.2 Å². The maximum Gasteiger partial charge on any atom is 0.253 e. The van der Waals surface area contributed by atoms with Gasteiger partial charge in [-0.3, -0.25) is 9.59 Å². The minimum Gasteiger partial charge on any atom is -0.342 e. The van der Waals surface area contributed by atoms with E-state index in [2.05, 4.69) is 17.0 Å². The number of hydrogen-bond donors (Lipinski definition) is 0. The van der Waals surface area contributed by atoms with E-state index in [4.69, 9.17) is 0 Å². The molecule has 0 spiro atoms. The molecule has 2 saturated heterocycles. The Balaban J connectivity index is 1.27. The number of rotatable bonds is 4. The van der Waals surface area contributed by atoms with Crippen LogP contribution in [0.2, 0.25) is 0 Å². The van der Waals surface area contributed by atoms with E-state index in [0.717, 1.165) is 76.7 Å². The van der Waals surface area contributed by atoms with E-state index in [9.17, 15) is 9.59 Å². The molecule has 4 heteroatoms. The van der Waals surface area contributed by atoms with Gasteiger partial charge in [0.05, 0.1) is 0 Å². The number of likely N-dealkylation sites (tertiary alicyclic amines) is 2. The van der Waals surface area contributed by atoms with Crippen LogP contribution in [0.1, 0.15) is 60.9 Å². The molecule has 4 rings (SSSR count). The van der Waals surface area contributed by atoms with Crippen molar-refractivity contribution in [1.29, 1.82) is 0 Å². The zero-order chi connectivity index (χ0) is 17.9. The lowest BCUT2D eigenvalue weighted by Crippen LogP contribution is -2.43. The number of carbonyl (C=O) groups excluding carboxylic acids is 2. The summed E-state index contributed by atoms with van der Waals surface area (Å²) < 4.78 is 0. The molecule has 0 atom stereocenters. The maximum absolute atomic E-state index is 12.4. The summed E-state index contributed by atoms with van der Waals surface area (Å²) in [5.74, 6) is 1.56. The highest BCUT2D eigenvalue weighted by molar-refractivity contribution is 5.94. The molecule has 26 heavy (non-hydrogen) atoms. The van der Waals surface area contributed by atoms with Gasteiger partial charge in [0.1, 0.15) is 0 Å². The molecule has 2 amide bonds. The third-order valence-corrected chi connectivity index (χ3v) is 6.50. The Kier molecular flexibility index (Phi) is 5.28. The van der Waals surface area contributed by atoms with Gasteiger partial charge in [-0.15, -0.1) is 0 Å². The summed E-state index contributed by atoms with van der Waals surface area (Å²) in [5.41, 5.74) is 2.13. The molecule has 1 aliphatic carbocycles. The highest BCUT2D eigenvalue weighted by Crippen LogP contribution is 2.30. The van der Waals surface area contributed by atoms with Crippen molar-refractivity contribution in [1.82, 2.24) is 9.80 Å². The van der Waals surface area contributed by atoms with Crippen molar-refractivity contribution in [3.63, 3.8) is 0 Å². The number of benzene rings is 1. The first-order valence-corrected chi connectivity index (χ1v) is 10.4. The van der Waals surface area contributed by atoms with Crippen molar-refractivity contribution in [2.45, 2.75) is 51.4 Å². The SMILES string of the molecule is O=C(c1ccc(CC2CCN(C(=O)C3CCC3)CC2)cc1)N1CCCC1. The lowest BCUT2D eigenvalue weighted by molar-refractivity contribution is -0.139. The van der Waals surface area contributed by atoms with Gasteiger partial charge in [0.15, 0.2) is 0 Å². The minimum atomic E-state index is 0.178. The van der Waals surface area contributed by atoms with Crippen molar-refractivity contribution in [2.24, 2.45) is 11.8 Å². The van der Waals surface area contributed by atoms with Crippen LogP contribution in [0.5, 0.6) is 0 Å². The number of piperidine rings is 1. The maximum atomic E-state index is 12.4. The predicted octanol–water partition coefficient (Wildman–Crippen LogP) is 3.50. The first-order chi connectivity index (χ1) is 12.7. The van der Waals surface area contributed by atoms with Crippen molar-refractivity contribution in [2.75, 3.05) is 26.2 Å². The van der Waals surface area contributed by atoms with Crippen LogP contribution in [0.25, 0.3) is 0 Å². The van der Waals surface area contributed by atoms with Crippen LogP contribution < -0.4 is 0 Å². The molecule has 0 unspecified atom stereocenters. The van der Waals surface area contributed by atoms with Crippen LogP contribution in [0.15, 0.2) is 24.3 Å². The van der Waals surface area contributed by atoms with E-state index >= 15 is 0 Å². The third kappa shape index (κ3) is 3.79. The van der Waals surface area contributed by atoms with Crippen LogP contribution in [0.3, 0.4) is 0 Å². The Bertz CT molecular complexity index is 637. The highest BCUT2D eigenvalue weighted by Gasteiger charge is 2.31. The van der Waals surface area contributed by atoms with E-state index in [-0.39, 0.29) is 5.91 Å².